The monoisotopic (exact) mass is 228 g/mol. The molecular formula is C12H8N2O3. The molecule has 2 rings (SSSR count). The van der Waals surface area contributed by atoms with Gasteiger partial charge in [-0.25, -0.2) is 4.79 Å². The van der Waals surface area contributed by atoms with E-state index in [1.807, 2.05) is 0 Å². The predicted octanol–water partition coefficient (Wildman–Crippen LogP) is 2.10. The van der Waals surface area contributed by atoms with E-state index in [9.17, 15) is 4.79 Å². The van der Waals surface area contributed by atoms with Crippen LogP contribution in [-0.4, -0.2) is 16.1 Å². The summed E-state index contributed by atoms with van der Waals surface area (Å²) in [5.74, 6) is 1.35. The maximum atomic E-state index is 10.6. The molecule has 17 heavy (non-hydrogen) atoms. The normalized spacial score (nSPS) is 9.59. The number of carbonyl (C=O) groups is 1. The number of nitrogens with zero attached hydrogens (tertiary/aromatic N) is 1. The van der Waals surface area contributed by atoms with Crippen LogP contribution in [0.15, 0.2) is 34.9 Å². The van der Waals surface area contributed by atoms with Gasteiger partial charge in [0.1, 0.15) is 6.26 Å². The summed E-state index contributed by atoms with van der Waals surface area (Å²) in [6.45, 7) is 0. The summed E-state index contributed by atoms with van der Waals surface area (Å²) in [4.78, 5) is 14.3. The first kappa shape index (κ1) is 10.8. The van der Waals surface area contributed by atoms with Gasteiger partial charge in [0.15, 0.2) is 5.69 Å². The molecule has 1 aromatic heterocycles. The quantitative estimate of drug-likeness (QED) is 0.787. The summed E-state index contributed by atoms with van der Waals surface area (Å²) in [5, 5.41) is 11.5. The van der Waals surface area contributed by atoms with Crippen molar-refractivity contribution in [2.75, 3.05) is 5.32 Å². The van der Waals surface area contributed by atoms with Gasteiger partial charge < -0.3 is 14.8 Å². The highest BCUT2D eigenvalue weighted by atomic mass is 16.4. The van der Waals surface area contributed by atoms with Gasteiger partial charge in [0, 0.05) is 11.3 Å². The van der Waals surface area contributed by atoms with Crippen LogP contribution in [0.2, 0.25) is 0 Å². The fraction of sp³-hybridized carbons (Fsp3) is 0. The van der Waals surface area contributed by atoms with E-state index in [2.05, 4.69) is 16.2 Å². The van der Waals surface area contributed by atoms with E-state index >= 15 is 0 Å². The van der Waals surface area contributed by atoms with E-state index in [0.29, 0.717) is 11.3 Å². The lowest BCUT2D eigenvalue weighted by Gasteiger charge is -2.01. The second kappa shape index (κ2) is 4.41. The molecule has 2 N–H and O–H groups in total. The second-order valence-corrected chi connectivity index (χ2v) is 3.19. The van der Waals surface area contributed by atoms with Crippen LogP contribution in [0.3, 0.4) is 0 Å². The molecule has 1 aromatic carbocycles. The molecule has 0 saturated carbocycles. The van der Waals surface area contributed by atoms with Gasteiger partial charge in [-0.1, -0.05) is 12.0 Å². The molecule has 2 aromatic rings. The van der Waals surface area contributed by atoms with Crippen molar-refractivity contribution >= 4 is 17.7 Å². The van der Waals surface area contributed by atoms with Gasteiger partial charge in [-0.05, 0) is 18.2 Å². The lowest BCUT2D eigenvalue weighted by molar-refractivity contribution is 0.0690. The number of terminal acetylenes is 1. The Morgan fingerprint density at radius 2 is 2.35 bits per heavy atom. The van der Waals surface area contributed by atoms with Crippen molar-refractivity contribution in [3.8, 4) is 12.3 Å². The van der Waals surface area contributed by atoms with E-state index in [0.717, 1.165) is 6.26 Å². The van der Waals surface area contributed by atoms with Crippen molar-refractivity contribution in [2.45, 2.75) is 0 Å². The molecule has 0 atom stereocenters. The Morgan fingerprint density at radius 3 is 3.00 bits per heavy atom. The third-order valence-electron chi connectivity index (χ3n) is 2.00. The number of benzene rings is 1. The molecule has 0 aliphatic rings. The summed E-state index contributed by atoms with van der Waals surface area (Å²) < 4.78 is 4.95. The molecule has 84 valence electrons. The Kier molecular flexibility index (Phi) is 2.79. The number of hydrogen-bond acceptors (Lipinski definition) is 4. The molecule has 5 heteroatoms. The molecule has 0 spiro atoms. The van der Waals surface area contributed by atoms with E-state index < -0.39 is 5.97 Å². The Labute approximate surface area is 97.1 Å². The first-order valence-electron chi connectivity index (χ1n) is 4.71. The van der Waals surface area contributed by atoms with Crippen molar-refractivity contribution in [2.24, 2.45) is 0 Å². The van der Waals surface area contributed by atoms with Crippen molar-refractivity contribution in [1.29, 1.82) is 0 Å². The van der Waals surface area contributed by atoms with Crippen molar-refractivity contribution < 1.29 is 14.3 Å². The number of carboxylic acid groups (broad SMARTS) is 1. The smallest absolute Gasteiger partial charge is 0.357 e. The van der Waals surface area contributed by atoms with Gasteiger partial charge in [0.25, 0.3) is 6.01 Å². The van der Waals surface area contributed by atoms with Crippen molar-refractivity contribution in [3.63, 3.8) is 0 Å². The summed E-state index contributed by atoms with van der Waals surface area (Å²) >= 11 is 0. The maximum Gasteiger partial charge on any atom is 0.357 e. The van der Waals surface area contributed by atoms with E-state index in [1.54, 1.807) is 24.3 Å². The van der Waals surface area contributed by atoms with Gasteiger partial charge >= 0.3 is 5.97 Å². The molecule has 0 unspecified atom stereocenters. The van der Waals surface area contributed by atoms with E-state index in [4.69, 9.17) is 15.9 Å². The van der Waals surface area contributed by atoms with Crippen molar-refractivity contribution in [1.82, 2.24) is 4.98 Å². The zero-order valence-electron chi connectivity index (χ0n) is 8.68. The molecule has 0 radical (unpaired) electrons. The van der Waals surface area contributed by atoms with Crippen LogP contribution in [0.5, 0.6) is 0 Å². The molecule has 0 bridgehead atoms. The lowest BCUT2D eigenvalue weighted by Crippen LogP contribution is -1.97. The van der Waals surface area contributed by atoms with Crippen LogP contribution in [0, 0.1) is 12.3 Å². The van der Waals surface area contributed by atoms with Crippen LogP contribution >= 0.6 is 0 Å². The number of anilines is 2. The fourth-order valence-corrected chi connectivity index (χ4v) is 1.24. The van der Waals surface area contributed by atoms with Crippen LogP contribution in [0.1, 0.15) is 16.1 Å². The summed E-state index contributed by atoms with van der Waals surface area (Å²) in [6, 6.07) is 7.16. The number of hydrogen-bond donors (Lipinski definition) is 2. The molecule has 0 fully saturated rings. The number of rotatable bonds is 3. The number of oxazole rings is 1. The van der Waals surface area contributed by atoms with Crippen LogP contribution in [0.25, 0.3) is 0 Å². The number of aromatic nitrogens is 1. The average Bonchev–Trinajstić information content (AvgIpc) is 2.78. The number of nitrogens with one attached hydrogen (secondary N) is 1. The zero-order chi connectivity index (χ0) is 12.3. The Morgan fingerprint density at radius 1 is 1.53 bits per heavy atom. The lowest BCUT2D eigenvalue weighted by atomic mass is 10.2. The largest absolute Gasteiger partial charge is 0.476 e. The highest BCUT2D eigenvalue weighted by Crippen LogP contribution is 2.16. The predicted molar refractivity (Wildman–Crippen MR) is 61.1 cm³/mol. The molecule has 5 nitrogen and oxygen atoms in total. The highest BCUT2D eigenvalue weighted by Gasteiger charge is 2.10. The van der Waals surface area contributed by atoms with Crippen LogP contribution < -0.4 is 5.32 Å². The number of aromatic carboxylic acids is 1. The Hall–Kier alpha value is -2.74. The first-order valence-corrected chi connectivity index (χ1v) is 4.71. The molecule has 0 aliphatic carbocycles. The number of carboxylic acids is 1. The minimum atomic E-state index is -1.14. The summed E-state index contributed by atoms with van der Waals surface area (Å²) in [5.41, 5.74) is 1.24. The van der Waals surface area contributed by atoms with Crippen LogP contribution in [-0.2, 0) is 0 Å². The third kappa shape index (κ3) is 2.44. The van der Waals surface area contributed by atoms with Gasteiger partial charge in [0.05, 0.1) is 0 Å². The van der Waals surface area contributed by atoms with Gasteiger partial charge in [0.2, 0.25) is 0 Å². The highest BCUT2D eigenvalue weighted by molar-refractivity contribution is 5.85. The SMILES string of the molecule is C#Cc1cccc(Nc2nc(C(=O)O)co2)c1. The second-order valence-electron chi connectivity index (χ2n) is 3.19. The maximum absolute atomic E-state index is 10.6. The summed E-state index contributed by atoms with van der Waals surface area (Å²) in [7, 11) is 0. The third-order valence-corrected chi connectivity index (χ3v) is 2.00. The van der Waals surface area contributed by atoms with Crippen molar-refractivity contribution in [3.05, 3.63) is 41.8 Å². The van der Waals surface area contributed by atoms with E-state index in [1.165, 1.54) is 0 Å². The zero-order valence-corrected chi connectivity index (χ0v) is 8.68. The minimum Gasteiger partial charge on any atom is -0.476 e. The Balaban J connectivity index is 2.19. The minimum absolute atomic E-state index is 0.108. The molecule has 0 aliphatic heterocycles. The van der Waals surface area contributed by atoms with Gasteiger partial charge in [-0.3, -0.25) is 0 Å². The van der Waals surface area contributed by atoms with Crippen LogP contribution in [0.4, 0.5) is 11.7 Å². The molecule has 0 saturated heterocycles. The Bertz CT molecular complexity index is 596. The molecular weight excluding hydrogens is 220 g/mol. The topological polar surface area (TPSA) is 75.4 Å². The molecule has 1 heterocycles. The fourth-order valence-electron chi connectivity index (χ4n) is 1.24. The molecule has 0 amide bonds. The van der Waals surface area contributed by atoms with Gasteiger partial charge in [-0.2, -0.15) is 4.98 Å². The average molecular weight is 228 g/mol. The standard InChI is InChI=1S/C12H8N2O3/c1-2-8-4-3-5-9(6-8)13-12-14-10(7-17-12)11(15)16/h1,3-7H,(H,13,14)(H,15,16). The van der Waals surface area contributed by atoms with Gasteiger partial charge in [-0.15, -0.1) is 6.42 Å². The first-order chi connectivity index (χ1) is 8.19. The summed E-state index contributed by atoms with van der Waals surface area (Å²) in [6.07, 6.45) is 6.33. The van der Waals surface area contributed by atoms with E-state index in [-0.39, 0.29) is 11.7 Å².